The van der Waals surface area contributed by atoms with Gasteiger partial charge in [-0.2, -0.15) is 0 Å². The van der Waals surface area contributed by atoms with E-state index in [9.17, 15) is 14.7 Å². The van der Waals surface area contributed by atoms with E-state index in [1.807, 2.05) is 0 Å². The van der Waals surface area contributed by atoms with Crippen LogP contribution in [0.4, 0.5) is 0 Å². The Balaban J connectivity index is 1.94. The van der Waals surface area contributed by atoms with Crippen LogP contribution in [0, 0.1) is 23.2 Å². The largest absolute Gasteiger partial charge is 0.550 e. The fourth-order valence-corrected chi connectivity index (χ4v) is 4.44. The summed E-state index contributed by atoms with van der Waals surface area (Å²) in [6.07, 6.45) is 4.85. The first kappa shape index (κ1) is 9.37. The third kappa shape index (κ3) is 1.25. The predicted octanol–water partition coefficient (Wildman–Crippen LogP) is 0.522. The molecule has 0 aromatic rings. The van der Waals surface area contributed by atoms with Gasteiger partial charge < -0.3 is 9.90 Å². The van der Waals surface area contributed by atoms with Gasteiger partial charge in [-0.05, 0) is 50.4 Å². The summed E-state index contributed by atoms with van der Waals surface area (Å²) in [4.78, 5) is 22.9. The molecule has 0 saturated heterocycles. The van der Waals surface area contributed by atoms with E-state index in [4.69, 9.17) is 0 Å². The highest BCUT2D eigenvalue weighted by molar-refractivity contribution is 5.91. The fourth-order valence-electron chi connectivity index (χ4n) is 4.44. The van der Waals surface area contributed by atoms with Crippen LogP contribution in [0.2, 0.25) is 0 Å². The molecule has 0 aliphatic heterocycles. The molecule has 0 aromatic heterocycles. The first-order valence-electron chi connectivity index (χ1n) is 5.83. The van der Waals surface area contributed by atoms with Crippen molar-refractivity contribution in [2.45, 2.75) is 38.5 Å². The maximum atomic E-state index is 12.1. The number of aliphatic carboxylic acids is 1. The van der Waals surface area contributed by atoms with Gasteiger partial charge in [0, 0.05) is 17.3 Å². The Morgan fingerprint density at radius 3 is 2.40 bits per heavy atom. The third-order valence-electron chi connectivity index (χ3n) is 4.64. The van der Waals surface area contributed by atoms with Crippen LogP contribution in [0.5, 0.6) is 0 Å². The van der Waals surface area contributed by atoms with Crippen LogP contribution in [-0.2, 0) is 9.59 Å². The van der Waals surface area contributed by atoms with Crippen molar-refractivity contribution in [3.05, 3.63) is 0 Å². The highest BCUT2D eigenvalue weighted by atomic mass is 16.4. The first-order valence-corrected chi connectivity index (χ1v) is 5.83. The van der Waals surface area contributed by atoms with Gasteiger partial charge in [0.25, 0.3) is 0 Å². The zero-order chi connectivity index (χ0) is 10.6. The molecule has 0 aromatic carbocycles. The van der Waals surface area contributed by atoms with Crippen molar-refractivity contribution in [2.24, 2.45) is 23.2 Å². The zero-order valence-corrected chi connectivity index (χ0v) is 8.70. The van der Waals surface area contributed by atoms with E-state index in [0.717, 1.165) is 25.7 Å². The van der Waals surface area contributed by atoms with Gasteiger partial charge in [-0.3, -0.25) is 4.79 Å². The van der Waals surface area contributed by atoms with Crippen molar-refractivity contribution < 1.29 is 14.7 Å². The van der Waals surface area contributed by atoms with Crippen LogP contribution < -0.4 is 5.11 Å². The van der Waals surface area contributed by atoms with E-state index in [1.54, 1.807) is 0 Å². The second-order valence-corrected chi connectivity index (χ2v) is 5.74. The minimum atomic E-state index is -1.05. The van der Waals surface area contributed by atoms with Gasteiger partial charge in [0.2, 0.25) is 0 Å². The van der Waals surface area contributed by atoms with Crippen LogP contribution in [0.15, 0.2) is 0 Å². The summed E-state index contributed by atoms with van der Waals surface area (Å²) in [5.41, 5.74) is -0.520. The second-order valence-electron chi connectivity index (χ2n) is 5.74. The molecule has 3 nitrogen and oxygen atoms in total. The summed E-state index contributed by atoms with van der Waals surface area (Å²) in [6, 6.07) is 0. The quantitative estimate of drug-likeness (QED) is 0.663. The Hall–Kier alpha value is -0.860. The van der Waals surface area contributed by atoms with Crippen molar-refractivity contribution in [2.75, 3.05) is 0 Å². The SMILES string of the molecule is O=C([O-])CC12C[C@@H]3CC(C[C@@H](C3)C1)C2=O. The van der Waals surface area contributed by atoms with E-state index >= 15 is 0 Å². The van der Waals surface area contributed by atoms with Crippen molar-refractivity contribution in [3.63, 3.8) is 0 Å². The lowest BCUT2D eigenvalue weighted by Gasteiger charge is -2.55. The predicted molar refractivity (Wildman–Crippen MR) is 50.6 cm³/mol. The molecule has 4 bridgehead atoms. The monoisotopic (exact) mass is 207 g/mol. The number of carbonyl (C=O) groups excluding carboxylic acids is 2. The van der Waals surface area contributed by atoms with Gasteiger partial charge >= 0.3 is 0 Å². The number of rotatable bonds is 2. The van der Waals surface area contributed by atoms with Gasteiger partial charge in [-0.1, -0.05) is 0 Å². The zero-order valence-electron chi connectivity index (χ0n) is 8.70. The number of ketones is 1. The van der Waals surface area contributed by atoms with Crippen molar-refractivity contribution >= 4 is 11.8 Å². The van der Waals surface area contributed by atoms with Gasteiger partial charge in [0.05, 0.1) is 0 Å². The van der Waals surface area contributed by atoms with Gasteiger partial charge in [0.15, 0.2) is 0 Å². The van der Waals surface area contributed by atoms with Gasteiger partial charge in [-0.15, -0.1) is 0 Å². The lowest BCUT2D eigenvalue weighted by molar-refractivity contribution is -0.309. The Labute approximate surface area is 88.9 Å². The van der Waals surface area contributed by atoms with E-state index in [-0.39, 0.29) is 18.1 Å². The molecule has 0 spiro atoms. The summed E-state index contributed by atoms with van der Waals surface area (Å²) in [7, 11) is 0. The average Bonchev–Trinajstić information content (AvgIpc) is 2.11. The summed E-state index contributed by atoms with van der Waals surface area (Å²) in [5.74, 6) is 0.582. The van der Waals surface area contributed by atoms with E-state index in [1.165, 1.54) is 6.42 Å². The molecule has 4 aliphatic carbocycles. The van der Waals surface area contributed by atoms with Crippen molar-refractivity contribution in [1.82, 2.24) is 0 Å². The molecule has 15 heavy (non-hydrogen) atoms. The Morgan fingerprint density at radius 1 is 1.27 bits per heavy atom. The molecule has 4 fully saturated rings. The topological polar surface area (TPSA) is 57.2 Å². The molecule has 0 N–H and O–H groups in total. The highest BCUT2D eigenvalue weighted by Gasteiger charge is 2.56. The normalized spacial score (nSPS) is 47.2. The molecular formula is C12H15O3-. The summed E-state index contributed by atoms with van der Waals surface area (Å²) < 4.78 is 0. The molecule has 4 saturated carbocycles. The first-order chi connectivity index (χ1) is 7.09. The summed E-state index contributed by atoms with van der Waals surface area (Å²) >= 11 is 0. The molecular weight excluding hydrogens is 192 g/mol. The molecule has 4 aliphatic rings. The Kier molecular flexibility index (Phi) is 1.77. The lowest BCUT2D eigenvalue weighted by Crippen LogP contribution is -2.54. The minimum Gasteiger partial charge on any atom is -0.550 e. The second kappa shape index (κ2) is 2.83. The molecule has 82 valence electrons. The van der Waals surface area contributed by atoms with Crippen LogP contribution in [-0.4, -0.2) is 11.8 Å². The molecule has 0 amide bonds. The average molecular weight is 207 g/mol. The van der Waals surface area contributed by atoms with Gasteiger partial charge in [-0.25, -0.2) is 0 Å². The summed E-state index contributed by atoms with van der Waals surface area (Å²) in [6.45, 7) is 0. The van der Waals surface area contributed by atoms with Crippen molar-refractivity contribution in [3.8, 4) is 0 Å². The van der Waals surface area contributed by atoms with E-state index < -0.39 is 11.4 Å². The molecule has 0 radical (unpaired) electrons. The number of hydrogen-bond acceptors (Lipinski definition) is 3. The summed E-state index contributed by atoms with van der Waals surface area (Å²) in [5, 5.41) is 10.8. The van der Waals surface area contributed by atoms with Gasteiger partial charge in [0.1, 0.15) is 5.78 Å². The number of Topliss-reactive ketones (excluding diaryl/α,β-unsaturated/α-hetero) is 1. The molecule has 3 heteroatoms. The minimum absolute atomic E-state index is 0.0324. The third-order valence-corrected chi connectivity index (χ3v) is 4.64. The number of hydrogen-bond donors (Lipinski definition) is 0. The smallest absolute Gasteiger partial charge is 0.142 e. The molecule has 4 rings (SSSR count). The Morgan fingerprint density at radius 2 is 1.87 bits per heavy atom. The molecule has 0 heterocycles. The maximum Gasteiger partial charge on any atom is 0.142 e. The number of carbonyl (C=O) groups is 2. The number of carboxylic acids is 1. The highest BCUT2D eigenvalue weighted by Crippen LogP contribution is 2.59. The van der Waals surface area contributed by atoms with Crippen LogP contribution in [0.3, 0.4) is 0 Å². The number of carboxylic acid groups (broad SMARTS) is 1. The lowest BCUT2D eigenvalue weighted by atomic mass is 9.48. The van der Waals surface area contributed by atoms with Crippen LogP contribution >= 0.6 is 0 Å². The van der Waals surface area contributed by atoms with E-state index in [0.29, 0.717) is 11.8 Å². The Bertz CT molecular complexity index is 320. The standard InChI is InChI=1S/C12H16O3/c13-10(14)6-12-4-7-1-8(5-12)3-9(2-7)11(12)15/h7-9H,1-6H2,(H,13,14)/p-1/t7-,8+,9?,12?. The maximum absolute atomic E-state index is 12.1. The van der Waals surface area contributed by atoms with Crippen LogP contribution in [0.1, 0.15) is 38.5 Å². The fraction of sp³-hybridized carbons (Fsp3) is 0.833. The van der Waals surface area contributed by atoms with Crippen LogP contribution in [0.25, 0.3) is 0 Å². The molecule has 2 unspecified atom stereocenters. The van der Waals surface area contributed by atoms with Crippen molar-refractivity contribution in [1.29, 1.82) is 0 Å². The van der Waals surface area contributed by atoms with E-state index in [2.05, 4.69) is 0 Å². The molecule has 4 atom stereocenters.